The van der Waals surface area contributed by atoms with Crippen molar-refractivity contribution in [3.8, 4) is 16.8 Å². The summed E-state index contributed by atoms with van der Waals surface area (Å²) in [5.74, 6) is 0.0400. The average molecular weight is 420 g/mol. The highest BCUT2D eigenvalue weighted by Gasteiger charge is 2.24. The summed E-state index contributed by atoms with van der Waals surface area (Å²) in [5.41, 5.74) is 1.96. The highest BCUT2D eigenvalue weighted by molar-refractivity contribution is 7.91. The van der Waals surface area contributed by atoms with E-state index in [1.807, 2.05) is 42.5 Å². The normalized spacial score (nSPS) is 11.4. The van der Waals surface area contributed by atoms with E-state index in [4.69, 9.17) is 0 Å². The number of rotatable bonds is 6. The minimum absolute atomic E-state index is 0.188. The number of aromatic nitrogens is 2. The van der Waals surface area contributed by atoms with Gasteiger partial charge in [-0.25, -0.2) is 13.1 Å². The molecule has 0 fully saturated rings. The molecule has 0 bridgehead atoms. The van der Waals surface area contributed by atoms with Crippen LogP contribution in [0.3, 0.4) is 0 Å². The zero-order valence-electron chi connectivity index (χ0n) is 16.4. The first-order valence-corrected chi connectivity index (χ1v) is 11.1. The molecule has 0 aliphatic rings. The summed E-state index contributed by atoms with van der Waals surface area (Å²) in [6.45, 7) is 0. The third-order valence-corrected chi connectivity index (χ3v) is 6.00. The zero-order chi connectivity index (χ0) is 21.1. The molecule has 0 spiro atoms. The van der Waals surface area contributed by atoms with Crippen LogP contribution in [0.25, 0.3) is 16.8 Å². The Morgan fingerprint density at radius 1 is 0.800 bits per heavy atom. The SMILES string of the molecule is Cn1c(NS(=O)(=O)Cc2ccccc2)c(-c2ccccc2)c(=O)n1-c1ccccc1. The first-order chi connectivity index (χ1) is 14.5. The molecule has 4 rings (SSSR count). The van der Waals surface area contributed by atoms with Gasteiger partial charge in [-0.3, -0.25) is 14.2 Å². The average Bonchev–Trinajstić information content (AvgIpc) is 2.98. The van der Waals surface area contributed by atoms with Gasteiger partial charge in [0.15, 0.2) is 0 Å². The lowest BCUT2D eigenvalue weighted by Gasteiger charge is -2.13. The maximum absolute atomic E-state index is 13.4. The highest BCUT2D eigenvalue weighted by atomic mass is 32.2. The van der Waals surface area contributed by atoms with Gasteiger partial charge >= 0.3 is 0 Å². The fraction of sp³-hybridized carbons (Fsp3) is 0.0870. The molecule has 0 unspecified atom stereocenters. The number of sulfonamides is 1. The van der Waals surface area contributed by atoms with Gasteiger partial charge in [-0.1, -0.05) is 78.9 Å². The van der Waals surface area contributed by atoms with E-state index < -0.39 is 10.0 Å². The first kappa shape index (κ1) is 19.7. The second kappa shape index (κ2) is 8.04. The fourth-order valence-corrected chi connectivity index (χ4v) is 4.66. The van der Waals surface area contributed by atoms with Crippen molar-refractivity contribution in [2.24, 2.45) is 7.05 Å². The molecule has 0 saturated carbocycles. The molecule has 1 aromatic heterocycles. The van der Waals surface area contributed by atoms with E-state index in [0.717, 1.165) is 0 Å². The molecule has 0 radical (unpaired) electrons. The summed E-state index contributed by atoms with van der Waals surface area (Å²) in [6.07, 6.45) is 0. The summed E-state index contributed by atoms with van der Waals surface area (Å²) in [5, 5.41) is 0. The Morgan fingerprint density at radius 2 is 1.33 bits per heavy atom. The largest absolute Gasteiger partial charge is 0.281 e. The maximum atomic E-state index is 13.4. The Morgan fingerprint density at radius 3 is 1.93 bits per heavy atom. The van der Waals surface area contributed by atoms with Crippen molar-refractivity contribution in [3.05, 3.63) is 107 Å². The van der Waals surface area contributed by atoms with Crippen LogP contribution in [0.1, 0.15) is 5.56 Å². The predicted octanol–water partition coefficient (Wildman–Crippen LogP) is 3.78. The molecule has 6 nitrogen and oxygen atoms in total. The molecule has 0 aliphatic carbocycles. The number of hydrogen-bond donors (Lipinski definition) is 1. The van der Waals surface area contributed by atoms with Gasteiger partial charge in [-0.05, 0) is 23.3 Å². The van der Waals surface area contributed by atoms with Crippen molar-refractivity contribution in [3.63, 3.8) is 0 Å². The standard InChI is InChI=1S/C23H21N3O3S/c1-25-22(24-30(28,29)17-18-11-5-2-6-12-18)21(19-13-7-3-8-14-19)23(27)26(25)20-15-9-4-10-16-20/h2-16,24H,17H2,1H3. The minimum Gasteiger partial charge on any atom is -0.267 e. The van der Waals surface area contributed by atoms with Gasteiger partial charge in [0.25, 0.3) is 5.56 Å². The van der Waals surface area contributed by atoms with E-state index in [0.29, 0.717) is 22.4 Å². The number of hydrogen-bond acceptors (Lipinski definition) is 3. The van der Waals surface area contributed by atoms with Crippen LogP contribution in [0.4, 0.5) is 5.82 Å². The summed E-state index contributed by atoms with van der Waals surface area (Å²) in [7, 11) is -2.08. The fourth-order valence-electron chi connectivity index (χ4n) is 3.42. The molecule has 1 heterocycles. The van der Waals surface area contributed by atoms with E-state index in [9.17, 15) is 13.2 Å². The van der Waals surface area contributed by atoms with Crippen LogP contribution in [0.5, 0.6) is 0 Å². The van der Waals surface area contributed by atoms with Crippen molar-refractivity contribution in [1.82, 2.24) is 9.36 Å². The molecular formula is C23H21N3O3S. The molecule has 4 aromatic rings. The summed E-state index contributed by atoms with van der Waals surface area (Å²) >= 11 is 0. The van der Waals surface area contributed by atoms with Gasteiger partial charge in [0.05, 0.1) is 17.0 Å². The Balaban J connectivity index is 1.85. The van der Waals surface area contributed by atoms with Crippen molar-refractivity contribution in [2.45, 2.75) is 5.75 Å². The lowest BCUT2D eigenvalue weighted by Crippen LogP contribution is -2.21. The highest BCUT2D eigenvalue weighted by Crippen LogP contribution is 2.27. The molecular weight excluding hydrogens is 398 g/mol. The molecule has 0 aliphatic heterocycles. The van der Waals surface area contributed by atoms with Crippen LogP contribution >= 0.6 is 0 Å². The van der Waals surface area contributed by atoms with E-state index >= 15 is 0 Å². The minimum atomic E-state index is -3.75. The summed E-state index contributed by atoms with van der Waals surface area (Å²) < 4.78 is 31.5. The van der Waals surface area contributed by atoms with E-state index in [-0.39, 0.29) is 17.1 Å². The topological polar surface area (TPSA) is 73.1 Å². The number of nitrogens with one attached hydrogen (secondary N) is 1. The van der Waals surface area contributed by atoms with Gasteiger partial charge < -0.3 is 0 Å². The van der Waals surface area contributed by atoms with Crippen molar-refractivity contribution < 1.29 is 8.42 Å². The molecule has 7 heteroatoms. The molecule has 30 heavy (non-hydrogen) atoms. The van der Waals surface area contributed by atoms with Crippen molar-refractivity contribution >= 4 is 15.8 Å². The summed E-state index contributed by atoms with van der Waals surface area (Å²) in [6, 6.07) is 27.1. The molecule has 152 valence electrons. The van der Waals surface area contributed by atoms with Gasteiger partial charge in [0, 0.05) is 7.05 Å². The Kier molecular flexibility index (Phi) is 5.29. The van der Waals surface area contributed by atoms with Gasteiger partial charge in [-0.2, -0.15) is 0 Å². The molecule has 0 atom stereocenters. The molecule has 0 amide bonds. The lowest BCUT2D eigenvalue weighted by atomic mass is 10.1. The maximum Gasteiger partial charge on any atom is 0.281 e. The van der Waals surface area contributed by atoms with Gasteiger partial charge in [-0.15, -0.1) is 0 Å². The van der Waals surface area contributed by atoms with Crippen LogP contribution in [0, 0.1) is 0 Å². The monoisotopic (exact) mass is 419 g/mol. The van der Waals surface area contributed by atoms with Crippen molar-refractivity contribution in [1.29, 1.82) is 0 Å². The summed E-state index contributed by atoms with van der Waals surface area (Å²) in [4.78, 5) is 13.4. The van der Waals surface area contributed by atoms with E-state index in [2.05, 4.69) is 4.72 Å². The van der Waals surface area contributed by atoms with Crippen LogP contribution < -0.4 is 10.3 Å². The third-order valence-electron chi connectivity index (χ3n) is 4.78. The van der Waals surface area contributed by atoms with Crippen molar-refractivity contribution in [2.75, 3.05) is 4.72 Å². The lowest BCUT2D eigenvalue weighted by molar-refractivity contribution is 0.598. The second-order valence-corrected chi connectivity index (χ2v) is 8.63. The van der Waals surface area contributed by atoms with Crippen LogP contribution in [0.2, 0.25) is 0 Å². The third kappa shape index (κ3) is 3.92. The Bertz CT molecular complexity index is 1310. The molecule has 1 N–H and O–H groups in total. The number of para-hydroxylation sites is 1. The number of nitrogens with zero attached hydrogens (tertiary/aromatic N) is 2. The smallest absolute Gasteiger partial charge is 0.267 e. The predicted molar refractivity (Wildman–Crippen MR) is 119 cm³/mol. The van der Waals surface area contributed by atoms with E-state index in [1.165, 1.54) is 4.68 Å². The van der Waals surface area contributed by atoms with Crippen LogP contribution in [-0.2, 0) is 22.8 Å². The van der Waals surface area contributed by atoms with E-state index in [1.54, 1.807) is 60.3 Å². The second-order valence-electron chi connectivity index (χ2n) is 6.91. The van der Waals surface area contributed by atoms with Crippen LogP contribution in [-0.4, -0.2) is 17.8 Å². The molecule has 3 aromatic carbocycles. The van der Waals surface area contributed by atoms with Crippen LogP contribution in [0.15, 0.2) is 95.8 Å². The molecule has 0 saturated heterocycles. The number of anilines is 1. The van der Waals surface area contributed by atoms with Gasteiger partial charge in [0.1, 0.15) is 5.82 Å². The Hall–Kier alpha value is -3.58. The quantitative estimate of drug-likeness (QED) is 0.517. The zero-order valence-corrected chi connectivity index (χ0v) is 17.2. The number of benzene rings is 3. The first-order valence-electron chi connectivity index (χ1n) is 9.43. The Labute approximate surface area is 175 Å². The van der Waals surface area contributed by atoms with Gasteiger partial charge in [0.2, 0.25) is 10.0 Å².